The molecule has 0 spiro atoms. The van der Waals surface area contributed by atoms with Gasteiger partial charge in [-0.25, -0.2) is 4.98 Å². The first-order valence-corrected chi connectivity index (χ1v) is 10.0. The number of thiazole rings is 1. The number of carbonyl (C=O) groups excluding carboxylic acids is 1. The van der Waals surface area contributed by atoms with Gasteiger partial charge in [-0.3, -0.25) is 14.0 Å². The van der Waals surface area contributed by atoms with Crippen LogP contribution < -0.4 is 20.3 Å². The lowest BCUT2D eigenvalue weighted by Gasteiger charge is -2.12. The number of amides is 1. The van der Waals surface area contributed by atoms with Crippen LogP contribution in [0.1, 0.15) is 20.9 Å². The van der Waals surface area contributed by atoms with Crippen LogP contribution in [-0.4, -0.2) is 22.4 Å². The number of anilines is 1. The molecule has 152 valence electrons. The third-order valence-electron chi connectivity index (χ3n) is 4.38. The Kier molecular flexibility index (Phi) is 5.49. The number of ether oxygens (including phenoxy) is 2. The number of benzene rings is 2. The summed E-state index contributed by atoms with van der Waals surface area (Å²) in [6, 6.07) is 15.5. The van der Waals surface area contributed by atoms with E-state index in [0.29, 0.717) is 33.4 Å². The highest BCUT2D eigenvalue weighted by Crippen LogP contribution is 2.26. The maximum absolute atomic E-state index is 12.6. The van der Waals surface area contributed by atoms with E-state index in [9.17, 15) is 9.59 Å². The monoisotopic (exact) mass is 421 g/mol. The molecule has 0 aliphatic rings. The summed E-state index contributed by atoms with van der Waals surface area (Å²) < 4.78 is 12.6. The number of aryl methyl sites for hydroxylation is 1. The van der Waals surface area contributed by atoms with Crippen molar-refractivity contribution in [2.45, 2.75) is 13.5 Å². The number of nitrogens with one attached hydrogen (secondary N) is 1. The quantitative estimate of drug-likeness (QED) is 0.511. The SMILES string of the molecule is COc1cccc(C(=O)Nc2ccccc2OCc2cc(=O)n3cc(C)sc3n2)c1. The lowest BCUT2D eigenvalue weighted by atomic mass is 10.2. The number of rotatable bonds is 6. The Morgan fingerprint density at radius 2 is 2.00 bits per heavy atom. The minimum atomic E-state index is -0.281. The highest BCUT2D eigenvalue weighted by Gasteiger charge is 2.12. The Bertz CT molecular complexity index is 1280. The molecular formula is C22H19N3O4S. The lowest BCUT2D eigenvalue weighted by molar-refractivity contribution is 0.102. The van der Waals surface area contributed by atoms with Crippen molar-refractivity contribution >= 4 is 27.9 Å². The van der Waals surface area contributed by atoms with E-state index in [0.717, 1.165) is 4.88 Å². The van der Waals surface area contributed by atoms with Crippen LogP contribution in [0.5, 0.6) is 11.5 Å². The molecule has 2 aromatic carbocycles. The second-order valence-electron chi connectivity index (χ2n) is 6.55. The van der Waals surface area contributed by atoms with Gasteiger partial charge in [0, 0.05) is 22.7 Å². The van der Waals surface area contributed by atoms with Crippen molar-refractivity contribution in [3.63, 3.8) is 0 Å². The fourth-order valence-corrected chi connectivity index (χ4v) is 3.79. The first-order chi connectivity index (χ1) is 14.5. The van der Waals surface area contributed by atoms with Gasteiger partial charge in [0.25, 0.3) is 11.5 Å². The van der Waals surface area contributed by atoms with E-state index in [-0.39, 0.29) is 18.1 Å². The van der Waals surface area contributed by atoms with Crippen LogP contribution in [0.25, 0.3) is 4.96 Å². The molecule has 0 aliphatic heterocycles. The number of nitrogens with zero attached hydrogens (tertiary/aromatic N) is 2. The molecule has 7 nitrogen and oxygen atoms in total. The Hall–Kier alpha value is -3.65. The summed E-state index contributed by atoms with van der Waals surface area (Å²) in [5.41, 5.74) is 1.37. The minimum absolute atomic E-state index is 0.106. The fraction of sp³-hybridized carbons (Fsp3) is 0.136. The number of para-hydroxylation sites is 2. The summed E-state index contributed by atoms with van der Waals surface area (Å²) in [5, 5.41) is 2.86. The Balaban J connectivity index is 1.52. The highest BCUT2D eigenvalue weighted by atomic mass is 32.1. The molecule has 4 aromatic rings. The number of fused-ring (bicyclic) bond motifs is 1. The van der Waals surface area contributed by atoms with Crippen LogP contribution in [0, 0.1) is 6.92 Å². The largest absolute Gasteiger partial charge is 0.497 e. The molecule has 4 rings (SSSR count). The van der Waals surface area contributed by atoms with Crippen LogP contribution in [0.4, 0.5) is 5.69 Å². The molecule has 30 heavy (non-hydrogen) atoms. The van der Waals surface area contributed by atoms with Crippen LogP contribution in [0.3, 0.4) is 0 Å². The summed E-state index contributed by atoms with van der Waals surface area (Å²) in [7, 11) is 1.55. The first-order valence-electron chi connectivity index (χ1n) is 9.19. The maximum Gasteiger partial charge on any atom is 0.258 e. The molecule has 2 heterocycles. The highest BCUT2D eigenvalue weighted by molar-refractivity contribution is 7.16. The Labute approximate surface area is 176 Å². The van der Waals surface area contributed by atoms with Gasteiger partial charge in [-0.15, -0.1) is 11.3 Å². The van der Waals surface area contributed by atoms with E-state index in [1.54, 1.807) is 55.8 Å². The third kappa shape index (κ3) is 4.18. The number of aromatic nitrogens is 2. The van der Waals surface area contributed by atoms with Crippen molar-refractivity contribution in [2.24, 2.45) is 0 Å². The van der Waals surface area contributed by atoms with E-state index in [2.05, 4.69) is 10.3 Å². The molecule has 0 saturated heterocycles. The standard InChI is InChI=1S/C22H19N3O4S/c1-14-12-25-20(26)11-16(23-22(25)30-14)13-29-19-9-4-3-8-18(19)24-21(27)15-6-5-7-17(10-15)28-2/h3-12H,13H2,1-2H3,(H,24,27). The fourth-order valence-electron chi connectivity index (χ4n) is 2.94. The van der Waals surface area contributed by atoms with Crippen molar-refractivity contribution in [1.29, 1.82) is 0 Å². The second-order valence-corrected chi connectivity index (χ2v) is 7.76. The van der Waals surface area contributed by atoms with Crippen LogP contribution in [0.2, 0.25) is 0 Å². The van der Waals surface area contributed by atoms with Crippen molar-refractivity contribution in [2.75, 3.05) is 12.4 Å². The normalized spacial score (nSPS) is 10.7. The number of hydrogen-bond acceptors (Lipinski definition) is 6. The average molecular weight is 421 g/mol. The molecule has 1 N–H and O–H groups in total. The van der Waals surface area contributed by atoms with Crippen molar-refractivity contribution in [3.05, 3.63) is 87.3 Å². The molecule has 0 bridgehead atoms. The van der Waals surface area contributed by atoms with E-state index < -0.39 is 0 Å². The summed E-state index contributed by atoms with van der Waals surface area (Å²) in [6.07, 6.45) is 1.77. The minimum Gasteiger partial charge on any atom is -0.497 e. The topological polar surface area (TPSA) is 81.9 Å². The zero-order valence-corrected chi connectivity index (χ0v) is 17.2. The average Bonchev–Trinajstić information content (AvgIpc) is 3.14. The predicted octanol–water partition coefficient (Wildman–Crippen LogP) is 3.90. The maximum atomic E-state index is 12.6. The van der Waals surface area contributed by atoms with E-state index in [1.165, 1.54) is 21.8 Å². The van der Waals surface area contributed by atoms with E-state index in [4.69, 9.17) is 9.47 Å². The lowest BCUT2D eigenvalue weighted by Crippen LogP contribution is -2.15. The van der Waals surface area contributed by atoms with Gasteiger partial charge in [-0.1, -0.05) is 18.2 Å². The zero-order chi connectivity index (χ0) is 21.1. The molecule has 0 saturated carbocycles. The molecule has 0 atom stereocenters. The second kappa shape index (κ2) is 8.38. The van der Waals surface area contributed by atoms with Crippen molar-refractivity contribution in [1.82, 2.24) is 9.38 Å². The van der Waals surface area contributed by atoms with Gasteiger partial charge in [0.2, 0.25) is 0 Å². The summed E-state index contributed by atoms with van der Waals surface area (Å²) in [5.74, 6) is 0.804. The Morgan fingerprint density at radius 1 is 1.17 bits per heavy atom. The van der Waals surface area contributed by atoms with E-state index in [1.807, 2.05) is 13.0 Å². The van der Waals surface area contributed by atoms with Gasteiger partial charge in [0.05, 0.1) is 18.5 Å². The number of methoxy groups -OCH3 is 1. The molecular weight excluding hydrogens is 402 g/mol. The molecule has 0 radical (unpaired) electrons. The molecule has 8 heteroatoms. The summed E-state index contributed by atoms with van der Waals surface area (Å²) in [6.45, 7) is 2.03. The summed E-state index contributed by atoms with van der Waals surface area (Å²) >= 11 is 1.44. The van der Waals surface area contributed by atoms with Crippen LogP contribution in [0.15, 0.2) is 65.6 Å². The molecule has 1 amide bonds. The Morgan fingerprint density at radius 3 is 2.83 bits per heavy atom. The van der Waals surface area contributed by atoms with Crippen molar-refractivity contribution < 1.29 is 14.3 Å². The van der Waals surface area contributed by atoms with Gasteiger partial charge >= 0.3 is 0 Å². The van der Waals surface area contributed by atoms with Gasteiger partial charge in [-0.05, 0) is 37.3 Å². The van der Waals surface area contributed by atoms with Crippen molar-refractivity contribution in [3.8, 4) is 11.5 Å². The first kappa shape index (κ1) is 19.7. The van der Waals surface area contributed by atoms with Gasteiger partial charge < -0.3 is 14.8 Å². The number of hydrogen-bond donors (Lipinski definition) is 1. The van der Waals surface area contributed by atoms with Crippen LogP contribution in [-0.2, 0) is 6.61 Å². The molecule has 0 unspecified atom stereocenters. The zero-order valence-electron chi connectivity index (χ0n) is 16.4. The summed E-state index contributed by atoms with van der Waals surface area (Å²) in [4.78, 5) is 31.0. The van der Waals surface area contributed by atoms with Gasteiger partial charge in [0.15, 0.2) is 4.96 Å². The third-order valence-corrected chi connectivity index (χ3v) is 5.28. The smallest absolute Gasteiger partial charge is 0.258 e. The van der Waals surface area contributed by atoms with Gasteiger partial charge in [0.1, 0.15) is 18.1 Å². The van der Waals surface area contributed by atoms with Crippen LogP contribution >= 0.6 is 11.3 Å². The van der Waals surface area contributed by atoms with E-state index >= 15 is 0 Å². The predicted molar refractivity (Wildman–Crippen MR) is 116 cm³/mol. The molecule has 0 aliphatic carbocycles. The molecule has 0 fully saturated rings. The molecule has 2 aromatic heterocycles. The van der Waals surface area contributed by atoms with Gasteiger partial charge in [-0.2, -0.15) is 0 Å². The number of carbonyl (C=O) groups is 1.